The van der Waals surface area contributed by atoms with E-state index in [0.717, 1.165) is 6.26 Å². The molecule has 94 valence electrons. The zero-order chi connectivity index (χ0) is 13.1. The van der Waals surface area contributed by atoms with E-state index in [1.54, 1.807) is 18.2 Å². The summed E-state index contributed by atoms with van der Waals surface area (Å²) >= 11 is 9.05. The predicted octanol–water partition coefficient (Wildman–Crippen LogP) is 3.11. The molecule has 1 aromatic rings. The highest BCUT2D eigenvalue weighted by Crippen LogP contribution is 2.23. The lowest BCUT2D eigenvalue weighted by molar-refractivity contribution is 0.0982. The van der Waals surface area contributed by atoms with Gasteiger partial charge in [-0.2, -0.15) is 0 Å². The summed E-state index contributed by atoms with van der Waals surface area (Å²) in [4.78, 5) is 11.7. The van der Waals surface area contributed by atoms with Crippen molar-refractivity contribution in [2.24, 2.45) is 0 Å². The van der Waals surface area contributed by atoms with E-state index in [1.807, 2.05) is 0 Å². The molecule has 0 aliphatic carbocycles. The van der Waals surface area contributed by atoms with Crippen LogP contribution in [0.2, 0.25) is 5.02 Å². The number of carbonyl (C=O) groups excluding carboxylic acids is 1. The van der Waals surface area contributed by atoms with Crippen LogP contribution in [0.15, 0.2) is 22.7 Å². The number of Topliss-reactive ketones (excluding diaryl/α,β-unsaturated/α-hetero) is 1. The molecule has 0 saturated carbocycles. The zero-order valence-electron chi connectivity index (χ0n) is 9.24. The van der Waals surface area contributed by atoms with E-state index in [1.165, 1.54) is 0 Å². The van der Waals surface area contributed by atoms with Gasteiger partial charge >= 0.3 is 0 Å². The zero-order valence-corrected chi connectivity index (χ0v) is 12.4. The SMILES string of the molecule is CS(=O)(=O)CCCC(=O)c1ccc(Cl)c(Br)c1. The van der Waals surface area contributed by atoms with Crippen molar-refractivity contribution in [1.82, 2.24) is 0 Å². The first-order valence-corrected chi connectivity index (χ1v) is 8.19. The smallest absolute Gasteiger partial charge is 0.162 e. The van der Waals surface area contributed by atoms with Gasteiger partial charge in [-0.25, -0.2) is 8.42 Å². The third-order valence-corrected chi connectivity index (χ3v) is 4.40. The molecule has 6 heteroatoms. The third-order valence-electron chi connectivity index (χ3n) is 2.16. The molecular formula is C11H12BrClO3S. The topological polar surface area (TPSA) is 51.2 Å². The predicted molar refractivity (Wildman–Crippen MR) is 72.4 cm³/mol. The van der Waals surface area contributed by atoms with Crippen LogP contribution in [0.1, 0.15) is 23.2 Å². The fraction of sp³-hybridized carbons (Fsp3) is 0.364. The minimum absolute atomic E-state index is 0.0352. The molecule has 0 aliphatic heterocycles. The van der Waals surface area contributed by atoms with Crippen molar-refractivity contribution in [1.29, 1.82) is 0 Å². The van der Waals surface area contributed by atoms with Crippen LogP contribution in [-0.2, 0) is 9.84 Å². The van der Waals surface area contributed by atoms with Gasteiger partial charge in [0.15, 0.2) is 5.78 Å². The summed E-state index contributed by atoms with van der Waals surface area (Å²) in [7, 11) is -3.00. The molecule has 0 atom stereocenters. The van der Waals surface area contributed by atoms with Crippen molar-refractivity contribution in [3.63, 3.8) is 0 Å². The van der Waals surface area contributed by atoms with E-state index in [0.29, 0.717) is 21.5 Å². The maximum absolute atomic E-state index is 11.7. The van der Waals surface area contributed by atoms with Gasteiger partial charge in [-0.15, -0.1) is 0 Å². The molecule has 1 aromatic carbocycles. The third kappa shape index (κ3) is 5.19. The number of carbonyl (C=O) groups is 1. The Bertz CT molecular complexity index is 526. The van der Waals surface area contributed by atoms with Crippen molar-refractivity contribution < 1.29 is 13.2 Å². The number of benzene rings is 1. The van der Waals surface area contributed by atoms with Gasteiger partial charge in [0.25, 0.3) is 0 Å². The summed E-state index contributed by atoms with van der Waals surface area (Å²) in [5.41, 5.74) is 0.537. The summed E-state index contributed by atoms with van der Waals surface area (Å²) < 4.78 is 22.5. The molecule has 0 bridgehead atoms. The van der Waals surface area contributed by atoms with Crippen LogP contribution < -0.4 is 0 Å². The molecule has 17 heavy (non-hydrogen) atoms. The lowest BCUT2D eigenvalue weighted by Gasteiger charge is -2.02. The quantitative estimate of drug-likeness (QED) is 0.775. The average Bonchev–Trinajstić information content (AvgIpc) is 2.20. The van der Waals surface area contributed by atoms with E-state index < -0.39 is 9.84 Å². The Morgan fingerprint density at radius 3 is 2.59 bits per heavy atom. The Labute approximate surface area is 114 Å². The van der Waals surface area contributed by atoms with Crippen molar-refractivity contribution in [3.8, 4) is 0 Å². The van der Waals surface area contributed by atoms with E-state index in [-0.39, 0.29) is 18.0 Å². The summed E-state index contributed by atoms with van der Waals surface area (Å²) in [5.74, 6) is -0.0425. The lowest BCUT2D eigenvalue weighted by Crippen LogP contribution is -2.06. The highest BCUT2D eigenvalue weighted by Gasteiger charge is 2.09. The van der Waals surface area contributed by atoms with E-state index in [2.05, 4.69) is 15.9 Å². The van der Waals surface area contributed by atoms with Crippen LogP contribution in [0.3, 0.4) is 0 Å². The van der Waals surface area contributed by atoms with Crippen molar-refractivity contribution in [2.45, 2.75) is 12.8 Å². The molecule has 0 saturated heterocycles. The summed E-state index contributed by atoms with van der Waals surface area (Å²) in [6, 6.07) is 4.91. The normalized spacial score (nSPS) is 11.5. The van der Waals surface area contributed by atoms with Gasteiger partial charge in [0.05, 0.1) is 10.8 Å². The molecular weight excluding hydrogens is 328 g/mol. The Morgan fingerprint density at radius 1 is 1.41 bits per heavy atom. The van der Waals surface area contributed by atoms with Crippen LogP contribution in [-0.4, -0.2) is 26.2 Å². The molecule has 0 radical (unpaired) electrons. The lowest BCUT2D eigenvalue weighted by atomic mass is 10.1. The molecule has 1 rings (SSSR count). The van der Waals surface area contributed by atoms with Gasteiger partial charge in [0.1, 0.15) is 9.84 Å². The molecule has 0 aliphatic rings. The fourth-order valence-corrected chi connectivity index (χ4v) is 2.47. The number of sulfone groups is 1. The van der Waals surface area contributed by atoms with Crippen LogP contribution in [0.25, 0.3) is 0 Å². The highest BCUT2D eigenvalue weighted by molar-refractivity contribution is 9.10. The molecule has 0 spiro atoms. The maximum Gasteiger partial charge on any atom is 0.162 e. The van der Waals surface area contributed by atoms with Gasteiger partial charge in [-0.05, 0) is 40.5 Å². The number of hydrogen-bond donors (Lipinski definition) is 0. The van der Waals surface area contributed by atoms with Gasteiger partial charge < -0.3 is 0 Å². The Morgan fingerprint density at radius 2 is 2.06 bits per heavy atom. The van der Waals surface area contributed by atoms with Gasteiger partial charge in [0.2, 0.25) is 0 Å². The molecule has 3 nitrogen and oxygen atoms in total. The molecule has 0 fully saturated rings. The number of halogens is 2. The Kier molecular flexibility index (Phi) is 5.16. The Hall–Kier alpha value is -0.390. The first-order valence-electron chi connectivity index (χ1n) is 4.95. The Balaban J connectivity index is 2.61. The van der Waals surface area contributed by atoms with Gasteiger partial charge in [-0.3, -0.25) is 4.79 Å². The number of hydrogen-bond acceptors (Lipinski definition) is 3. The van der Waals surface area contributed by atoms with Crippen molar-refractivity contribution in [2.75, 3.05) is 12.0 Å². The van der Waals surface area contributed by atoms with Crippen LogP contribution >= 0.6 is 27.5 Å². The second-order valence-electron chi connectivity index (χ2n) is 3.79. The summed E-state index contributed by atoms with van der Waals surface area (Å²) in [6.07, 6.45) is 1.73. The van der Waals surface area contributed by atoms with Crippen LogP contribution in [0.5, 0.6) is 0 Å². The molecule has 0 N–H and O–H groups in total. The second kappa shape index (κ2) is 5.98. The van der Waals surface area contributed by atoms with E-state index in [4.69, 9.17) is 11.6 Å². The van der Waals surface area contributed by atoms with Crippen LogP contribution in [0, 0.1) is 0 Å². The average molecular weight is 340 g/mol. The standard InChI is InChI=1S/C11H12BrClO3S/c1-17(15,16)6-2-3-11(14)8-4-5-10(13)9(12)7-8/h4-5,7H,2-3,6H2,1H3. The number of rotatable bonds is 5. The minimum Gasteiger partial charge on any atom is -0.294 e. The number of ketones is 1. The maximum atomic E-state index is 11.7. The summed E-state index contributed by atoms with van der Waals surface area (Å²) in [6.45, 7) is 0. The second-order valence-corrected chi connectivity index (χ2v) is 7.31. The fourth-order valence-electron chi connectivity index (χ4n) is 1.31. The van der Waals surface area contributed by atoms with Crippen molar-refractivity contribution >= 4 is 43.2 Å². The molecule has 0 aromatic heterocycles. The monoisotopic (exact) mass is 338 g/mol. The van der Waals surface area contributed by atoms with Gasteiger partial charge in [0, 0.05) is 22.7 Å². The van der Waals surface area contributed by atoms with Crippen molar-refractivity contribution in [3.05, 3.63) is 33.3 Å². The first-order chi connectivity index (χ1) is 7.79. The highest BCUT2D eigenvalue weighted by atomic mass is 79.9. The molecule has 0 amide bonds. The minimum atomic E-state index is -3.00. The van der Waals surface area contributed by atoms with Gasteiger partial charge in [-0.1, -0.05) is 11.6 Å². The van der Waals surface area contributed by atoms with Crippen LogP contribution in [0.4, 0.5) is 0 Å². The molecule has 0 heterocycles. The van der Waals surface area contributed by atoms with E-state index >= 15 is 0 Å². The first kappa shape index (κ1) is 14.7. The van der Waals surface area contributed by atoms with E-state index in [9.17, 15) is 13.2 Å². The molecule has 0 unspecified atom stereocenters. The summed E-state index contributed by atoms with van der Waals surface area (Å²) in [5, 5.41) is 0.540. The largest absolute Gasteiger partial charge is 0.294 e.